The Kier molecular flexibility index (Phi) is 4.85. The molecule has 27 heavy (non-hydrogen) atoms. The van der Waals surface area contributed by atoms with Crippen LogP contribution in [0.15, 0.2) is 40.9 Å². The Balaban J connectivity index is 1.37. The van der Waals surface area contributed by atoms with E-state index < -0.39 is 0 Å². The molecule has 1 amide bonds. The van der Waals surface area contributed by atoms with Gasteiger partial charge >= 0.3 is 0 Å². The summed E-state index contributed by atoms with van der Waals surface area (Å²) in [5.41, 5.74) is 2.01. The van der Waals surface area contributed by atoms with E-state index in [9.17, 15) is 4.79 Å². The van der Waals surface area contributed by atoms with Crippen LogP contribution in [0.5, 0.6) is 5.88 Å². The van der Waals surface area contributed by atoms with Gasteiger partial charge in [0.25, 0.3) is 11.9 Å². The zero-order valence-electron chi connectivity index (χ0n) is 14.8. The second-order valence-corrected chi connectivity index (χ2v) is 6.87. The second-order valence-electron chi connectivity index (χ2n) is 6.43. The van der Waals surface area contributed by atoms with Crippen molar-refractivity contribution < 1.29 is 13.9 Å². The maximum atomic E-state index is 12.4. The van der Waals surface area contributed by atoms with Gasteiger partial charge in [0.05, 0.1) is 7.11 Å². The smallest absolute Gasteiger partial charge is 0.298 e. The molecule has 0 unspecified atom stereocenters. The fourth-order valence-electron chi connectivity index (χ4n) is 3.17. The number of ether oxygens (including phenoxy) is 1. The molecule has 1 aliphatic rings. The third kappa shape index (κ3) is 3.83. The van der Waals surface area contributed by atoms with E-state index >= 15 is 0 Å². The third-order valence-electron chi connectivity index (χ3n) is 4.65. The largest absolute Gasteiger partial charge is 0.481 e. The van der Waals surface area contributed by atoms with Gasteiger partial charge in [-0.3, -0.25) is 4.79 Å². The minimum absolute atomic E-state index is 0.103. The number of aromatic nitrogens is 2. The standard InChI is InChI=1S/C19H19ClN4O3/c1-26-17-10-12(4-7-21-17)18(25)22-14-5-8-24(9-6-14)19-23-15-11-13(20)2-3-16(15)27-19/h2-4,7,10-11,14H,5-6,8-9H2,1H3,(H,22,25). The number of halogens is 1. The molecule has 0 atom stereocenters. The fourth-order valence-corrected chi connectivity index (χ4v) is 3.34. The van der Waals surface area contributed by atoms with Crippen LogP contribution in [0.2, 0.25) is 5.02 Å². The number of carbonyl (C=O) groups excluding carboxylic acids is 1. The predicted molar refractivity (Wildman–Crippen MR) is 103 cm³/mol. The van der Waals surface area contributed by atoms with Crippen LogP contribution in [0.25, 0.3) is 11.1 Å². The molecule has 0 bridgehead atoms. The van der Waals surface area contributed by atoms with Crippen LogP contribution in [0.4, 0.5) is 6.01 Å². The Morgan fingerprint density at radius 1 is 1.30 bits per heavy atom. The summed E-state index contributed by atoms with van der Waals surface area (Å²) in [6.07, 6.45) is 3.19. The van der Waals surface area contributed by atoms with Crippen LogP contribution in [0.3, 0.4) is 0 Å². The van der Waals surface area contributed by atoms with Crippen LogP contribution < -0.4 is 15.0 Å². The Hall–Kier alpha value is -2.80. The maximum Gasteiger partial charge on any atom is 0.298 e. The third-order valence-corrected chi connectivity index (χ3v) is 4.88. The number of oxazole rings is 1. The predicted octanol–water partition coefficient (Wildman–Crippen LogP) is 3.28. The van der Waals surface area contributed by atoms with Crippen molar-refractivity contribution in [2.75, 3.05) is 25.1 Å². The number of rotatable bonds is 4. The number of carbonyl (C=O) groups is 1. The van der Waals surface area contributed by atoms with Crippen molar-refractivity contribution in [1.82, 2.24) is 15.3 Å². The van der Waals surface area contributed by atoms with Crippen LogP contribution in [-0.4, -0.2) is 42.1 Å². The summed E-state index contributed by atoms with van der Waals surface area (Å²) in [6, 6.07) is 9.41. The van der Waals surface area contributed by atoms with Crippen LogP contribution in [0, 0.1) is 0 Å². The first-order chi connectivity index (χ1) is 13.1. The molecule has 1 fully saturated rings. The summed E-state index contributed by atoms with van der Waals surface area (Å²) in [4.78, 5) is 23.1. The minimum Gasteiger partial charge on any atom is -0.481 e. The SMILES string of the molecule is COc1cc(C(=O)NC2CCN(c3nc4cc(Cl)ccc4o3)CC2)ccn1. The molecule has 3 heterocycles. The van der Waals surface area contributed by atoms with E-state index in [1.807, 2.05) is 6.07 Å². The van der Waals surface area contributed by atoms with Gasteiger partial charge in [-0.15, -0.1) is 0 Å². The highest BCUT2D eigenvalue weighted by atomic mass is 35.5. The molecule has 3 aromatic rings. The second kappa shape index (κ2) is 7.44. The Bertz CT molecular complexity index is 966. The van der Waals surface area contributed by atoms with Crippen molar-refractivity contribution in [3.05, 3.63) is 47.1 Å². The first-order valence-corrected chi connectivity index (χ1v) is 9.12. The number of fused-ring (bicyclic) bond motifs is 1. The Labute approximate surface area is 161 Å². The molecule has 140 valence electrons. The van der Waals surface area contributed by atoms with Crippen molar-refractivity contribution >= 4 is 34.6 Å². The summed E-state index contributed by atoms with van der Waals surface area (Å²) >= 11 is 6.00. The van der Waals surface area contributed by atoms with Gasteiger partial charge in [0.2, 0.25) is 5.88 Å². The van der Waals surface area contributed by atoms with E-state index in [1.54, 1.807) is 30.5 Å². The van der Waals surface area contributed by atoms with Crippen molar-refractivity contribution in [3.8, 4) is 5.88 Å². The number of methoxy groups -OCH3 is 1. The molecule has 1 aliphatic heterocycles. The lowest BCUT2D eigenvalue weighted by molar-refractivity contribution is 0.0930. The van der Waals surface area contributed by atoms with E-state index in [2.05, 4.69) is 20.2 Å². The lowest BCUT2D eigenvalue weighted by Crippen LogP contribution is -2.44. The highest BCUT2D eigenvalue weighted by molar-refractivity contribution is 6.31. The van der Waals surface area contributed by atoms with E-state index in [0.717, 1.165) is 37.0 Å². The molecule has 0 spiro atoms. The van der Waals surface area contributed by atoms with Gasteiger partial charge in [-0.25, -0.2) is 4.98 Å². The molecule has 1 aromatic carbocycles. The fraction of sp³-hybridized carbons (Fsp3) is 0.316. The van der Waals surface area contributed by atoms with Crippen molar-refractivity contribution in [2.24, 2.45) is 0 Å². The van der Waals surface area contributed by atoms with Gasteiger partial charge in [-0.1, -0.05) is 11.6 Å². The number of hydrogen-bond acceptors (Lipinski definition) is 6. The van der Waals surface area contributed by atoms with Gasteiger partial charge < -0.3 is 19.4 Å². The minimum atomic E-state index is -0.120. The van der Waals surface area contributed by atoms with E-state index in [0.29, 0.717) is 22.5 Å². The molecule has 2 aromatic heterocycles. The van der Waals surface area contributed by atoms with Crippen LogP contribution >= 0.6 is 11.6 Å². The average Bonchev–Trinajstić information content (AvgIpc) is 3.11. The quantitative estimate of drug-likeness (QED) is 0.741. The maximum absolute atomic E-state index is 12.4. The normalized spacial score (nSPS) is 15.1. The van der Waals surface area contributed by atoms with Crippen molar-refractivity contribution in [3.63, 3.8) is 0 Å². The number of hydrogen-bond donors (Lipinski definition) is 1. The first kappa shape index (κ1) is 17.6. The number of anilines is 1. The summed E-state index contributed by atoms with van der Waals surface area (Å²) in [7, 11) is 1.53. The molecule has 0 aliphatic carbocycles. The summed E-state index contributed by atoms with van der Waals surface area (Å²) in [5.74, 6) is 0.305. The van der Waals surface area contributed by atoms with Gasteiger partial charge in [-0.05, 0) is 37.1 Å². The number of nitrogens with one attached hydrogen (secondary N) is 1. The molecule has 4 rings (SSSR count). The Morgan fingerprint density at radius 2 is 2.11 bits per heavy atom. The average molecular weight is 387 g/mol. The molecular weight excluding hydrogens is 368 g/mol. The van der Waals surface area contributed by atoms with E-state index in [4.69, 9.17) is 20.8 Å². The molecule has 0 saturated carbocycles. The molecule has 7 nitrogen and oxygen atoms in total. The zero-order valence-corrected chi connectivity index (χ0v) is 15.6. The van der Waals surface area contributed by atoms with Gasteiger partial charge in [0, 0.05) is 42.0 Å². The van der Waals surface area contributed by atoms with Crippen LogP contribution in [-0.2, 0) is 0 Å². The van der Waals surface area contributed by atoms with E-state index in [1.165, 1.54) is 7.11 Å². The van der Waals surface area contributed by atoms with Crippen molar-refractivity contribution in [2.45, 2.75) is 18.9 Å². The lowest BCUT2D eigenvalue weighted by atomic mass is 10.0. The number of nitrogens with zero attached hydrogens (tertiary/aromatic N) is 3. The lowest BCUT2D eigenvalue weighted by Gasteiger charge is -2.31. The Morgan fingerprint density at radius 3 is 2.89 bits per heavy atom. The van der Waals surface area contributed by atoms with Gasteiger partial charge in [0.1, 0.15) is 5.52 Å². The zero-order chi connectivity index (χ0) is 18.8. The molecule has 8 heteroatoms. The van der Waals surface area contributed by atoms with E-state index in [-0.39, 0.29) is 11.9 Å². The van der Waals surface area contributed by atoms with Crippen molar-refractivity contribution in [1.29, 1.82) is 0 Å². The number of piperidine rings is 1. The highest BCUT2D eigenvalue weighted by Crippen LogP contribution is 2.26. The molecule has 1 saturated heterocycles. The monoisotopic (exact) mass is 386 g/mol. The number of pyridine rings is 1. The highest BCUT2D eigenvalue weighted by Gasteiger charge is 2.24. The molecular formula is C19H19ClN4O3. The molecule has 0 radical (unpaired) electrons. The van der Waals surface area contributed by atoms with Crippen LogP contribution in [0.1, 0.15) is 23.2 Å². The number of benzene rings is 1. The summed E-state index contributed by atoms with van der Waals surface area (Å²) < 4.78 is 10.9. The number of amides is 1. The topological polar surface area (TPSA) is 80.5 Å². The van der Waals surface area contributed by atoms with Gasteiger partial charge in [-0.2, -0.15) is 4.98 Å². The summed E-state index contributed by atoms with van der Waals surface area (Å²) in [6.45, 7) is 1.51. The molecule has 1 N–H and O–H groups in total. The van der Waals surface area contributed by atoms with Gasteiger partial charge in [0.15, 0.2) is 5.58 Å². The summed E-state index contributed by atoms with van der Waals surface area (Å²) in [5, 5.41) is 3.71. The first-order valence-electron chi connectivity index (χ1n) is 8.74.